The molecule has 0 bridgehead atoms. The van der Waals surface area contributed by atoms with Crippen LogP contribution < -0.4 is 10.6 Å². The maximum Gasteiger partial charge on any atom is 0.408 e. The predicted molar refractivity (Wildman–Crippen MR) is 175 cm³/mol. The minimum atomic E-state index is -0.545. The van der Waals surface area contributed by atoms with Crippen LogP contribution in [-0.2, 0) is 10.3 Å². The number of ether oxygens (including phenoxy) is 1. The molecule has 2 aliphatic rings. The van der Waals surface area contributed by atoms with Crippen molar-refractivity contribution < 1.29 is 9.53 Å². The molecule has 0 atom stereocenters. The van der Waals surface area contributed by atoms with Crippen LogP contribution in [0.2, 0.25) is 0 Å². The monoisotopic (exact) mass is 595 g/mol. The summed E-state index contributed by atoms with van der Waals surface area (Å²) in [6, 6.07) is 18.9. The molecular weight excluding hydrogens is 550 g/mol. The fourth-order valence-corrected chi connectivity index (χ4v) is 6.39. The Balaban J connectivity index is 1.32. The van der Waals surface area contributed by atoms with Crippen molar-refractivity contribution in [1.29, 1.82) is 0 Å². The molecule has 0 radical (unpaired) electrons. The molecular formula is C35H45N7O2. The quantitative estimate of drug-likeness (QED) is 0.191. The number of aromatic nitrogens is 4. The first-order chi connectivity index (χ1) is 21.2. The van der Waals surface area contributed by atoms with Gasteiger partial charge in [0.05, 0.1) is 16.8 Å². The number of aryl methyl sites for hydroxylation is 1. The molecule has 1 aliphatic carbocycles. The molecule has 1 saturated carbocycles. The minimum absolute atomic E-state index is 0.377. The Labute approximate surface area is 260 Å². The van der Waals surface area contributed by atoms with Gasteiger partial charge in [-0.15, -0.1) is 5.10 Å². The third kappa shape index (κ3) is 6.58. The molecule has 1 amide bonds. The largest absolute Gasteiger partial charge is 0.444 e. The van der Waals surface area contributed by atoms with E-state index in [0.717, 1.165) is 79.0 Å². The van der Waals surface area contributed by atoms with E-state index >= 15 is 0 Å². The Morgan fingerprint density at radius 1 is 0.932 bits per heavy atom. The van der Waals surface area contributed by atoms with Gasteiger partial charge in [0, 0.05) is 12.1 Å². The number of rotatable bonds is 10. The lowest BCUT2D eigenvalue weighted by atomic mass is 9.71. The van der Waals surface area contributed by atoms with E-state index < -0.39 is 11.1 Å². The number of benzene rings is 2. The smallest absolute Gasteiger partial charge is 0.408 e. The Morgan fingerprint density at radius 2 is 1.66 bits per heavy atom. The van der Waals surface area contributed by atoms with Crippen LogP contribution in [0.15, 0.2) is 54.6 Å². The summed E-state index contributed by atoms with van der Waals surface area (Å²) in [7, 11) is 0. The highest BCUT2D eigenvalue weighted by atomic mass is 16.6. The SMILES string of the molecule is Cc1nc2nc(-c3ccc(C4(NC(=O)OC(C)(C)C)CCC4)cc3)c(-c3ccccc3)c(NCCCCN3CCCC3)n2n1. The normalized spacial score (nSPS) is 16.5. The molecule has 2 aromatic carbocycles. The third-order valence-electron chi connectivity index (χ3n) is 8.71. The topological polar surface area (TPSA) is 96.7 Å². The number of unbranched alkanes of at least 4 members (excludes halogenated alkanes) is 1. The highest BCUT2D eigenvalue weighted by molar-refractivity contribution is 5.89. The zero-order valence-corrected chi connectivity index (χ0v) is 26.5. The van der Waals surface area contributed by atoms with E-state index in [0.29, 0.717) is 11.6 Å². The lowest BCUT2D eigenvalue weighted by Gasteiger charge is -2.43. The summed E-state index contributed by atoms with van der Waals surface area (Å²) in [5.41, 5.74) is 4.03. The molecule has 1 saturated heterocycles. The van der Waals surface area contributed by atoms with Gasteiger partial charge in [-0.25, -0.2) is 9.78 Å². The fraction of sp³-hybridized carbons (Fsp3) is 0.486. The highest BCUT2D eigenvalue weighted by Gasteiger charge is 2.41. The standard InChI is InChI=1S/C35H45N7O2/c1-25-37-32-38-30(27-15-17-28(18-16-27)35(19-12-20-35)39-33(43)44-34(2,3)4)29(26-13-6-5-7-14-26)31(42(32)40-25)36-21-8-9-22-41-23-10-11-24-41/h5-7,13-18,36H,8-12,19-24H2,1-4H3,(H,39,43). The number of nitrogens with zero attached hydrogens (tertiary/aromatic N) is 5. The second-order valence-corrected chi connectivity index (χ2v) is 13.2. The van der Waals surface area contributed by atoms with Crippen molar-refractivity contribution >= 4 is 17.7 Å². The van der Waals surface area contributed by atoms with Crippen LogP contribution in [0, 0.1) is 6.92 Å². The van der Waals surface area contributed by atoms with Crippen LogP contribution in [0.4, 0.5) is 10.6 Å². The molecule has 44 heavy (non-hydrogen) atoms. The first-order valence-corrected chi connectivity index (χ1v) is 16.1. The molecule has 9 heteroatoms. The van der Waals surface area contributed by atoms with Gasteiger partial charge in [0.25, 0.3) is 5.78 Å². The number of amides is 1. The number of hydrogen-bond donors (Lipinski definition) is 2. The van der Waals surface area contributed by atoms with Gasteiger partial charge in [-0.1, -0.05) is 54.6 Å². The van der Waals surface area contributed by atoms with Crippen LogP contribution in [0.3, 0.4) is 0 Å². The molecule has 1 aliphatic heterocycles. The van der Waals surface area contributed by atoms with Crippen LogP contribution in [0.25, 0.3) is 28.2 Å². The summed E-state index contributed by atoms with van der Waals surface area (Å²) in [5, 5.41) is 11.6. The lowest BCUT2D eigenvalue weighted by Crippen LogP contribution is -2.52. The van der Waals surface area contributed by atoms with E-state index in [1.807, 2.05) is 38.3 Å². The molecule has 2 aromatic heterocycles. The van der Waals surface area contributed by atoms with E-state index in [-0.39, 0.29) is 6.09 Å². The zero-order chi connectivity index (χ0) is 30.7. The van der Waals surface area contributed by atoms with E-state index in [1.165, 1.54) is 25.9 Å². The van der Waals surface area contributed by atoms with Gasteiger partial charge in [-0.05, 0) is 103 Å². The minimum Gasteiger partial charge on any atom is -0.444 e. The number of carbonyl (C=O) groups excluding carboxylic acids is 1. The van der Waals surface area contributed by atoms with E-state index in [4.69, 9.17) is 14.8 Å². The van der Waals surface area contributed by atoms with E-state index in [1.54, 1.807) is 0 Å². The average Bonchev–Trinajstić information content (AvgIpc) is 3.63. The summed E-state index contributed by atoms with van der Waals surface area (Å²) in [6.45, 7) is 12.0. The van der Waals surface area contributed by atoms with Crippen molar-refractivity contribution in [3.63, 3.8) is 0 Å². The first-order valence-electron chi connectivity index (χ1n) is 16.1. The van der Waals surface area contributed by atoms with Crippen LogP contribution >= 0.6 is 0 Å². The summed E-state index contributed by atoms with van der Waals surface area (Å²) in [5.74, 6) is 2.16. The van der Waals surface area contributed by atoms with Crippen LogP contribution in [-0.4, -0.2) is 62.4 Å². The fourth-order valence-electron chi connectivity index (χ4n) is 6.39. The third-order valence-corrected chi connectivity index (χ3v) is 8.71. The van der Waals surface area contributed by atoms with E-state index in [2.05, 4.69) is 69.0 Å². The number of likely N-dealkylation sites (tertiary alicyclic amines) is 1. The number of alkyl carbamates (subject to hydrolysis) is 1. The number of carbonyl (C=O) groups is 1. The zero-order valence-electron chi connectivity index (χ0n) is 26.5. The van der Waals surface area contributed by atoms with Crippen LogP contribution in [0.5, 0.6) is 0 Å². The second kappa shape index (κ2) is 12.6. The molecule has 3 heterocycles. The van der Waals surface area contributed by atoms with Gasteiger partial charge in [0.15, 0.2) is 0 Å². The Kier molecular flexibility index (Phi) is 8.58. The van der Waals surface area contributed by atoms with Gasteiger partial charge in [0.2, 0.25) is 0 Å². The van der Waals surface area contributed by atoms with Crippen molar-refractivity contribution in [1.82, 2.24) is 29.8 Å². The van der Waals surface area contributed by atoms with Crippen molar-refractivity contribution in [3.8, 4) is 22.4 Å². The van der Waals surface area contributed by atoms with Gasteiger partial charge in [-0.3, -0.25) is 0 Å². The Morgan fingerprint density at radius 3 is 2.32 bits per heavy atom. The molecule has 0 unspecified atom stereocenters. The highest BCUT2D eigenvalue weighted by Crippen LogP contribution is 2.43. The maximum absolute atomic E-state index is 12.7. The van der Waals surface area contributed by atoms with Gasteiger partial charge < -0.3 is 20.3 Å². The first kappa shape index (κ1) is 30.1. The summed E-state index contributed by atoms with van der Waals surface area (Å²) in [4.78, 5) is 25.0. The number of hydrogen-bond acceptors (Lipinski definition) is 7. The lowest BCUT2D eigenvalue weighted by molar-refractivity contribution is 0.0377. The van der Waals surface area contributed by atoms with Gasteiger partial charge >= 0.3 is 6.09 Å². The Bertz CT molecular complexity index is 1580. The maximum atomic E-state index is 12.7. The van der Waals surface area contributed by atoms with Crippen molar-refractivity contribution in [3.05, 3.63) is 66.0 Å². The van der Waals surface area contributed by atoms with Crippen molar-refractivity contribution in [2.24, 2.45) is 0 Å². The van der Waals surface area contributed by atoms with Crippen LogP contribution in [0.1, 0.15) is 77.1 Å². The second-order valence-electron chi connectivity index (χ2n) is 13.2. The predicted octanol–water partition coefficient (Wildman–Crippen LogP) is 6.96. The van der Waals surface area contributed by atoms with Gasteiger partial charge in [0.1, 0.15) is 17.2 Å². The molecule has 0 spiro atoms. The molecule has 4 aromatic rings. The molecule has 2 N–H and O–H groups in total. The molecule has 232 valence electrons. The van der Waals surface area contributed by atoms with Crippen molar-refractivity contribution in [2.75, 3.05) is 31.5 Å². The average molecular weight is 596 g/mol. The van der Waals surface area contributed by atoms with E-state index in [9.17, 15) is 4.79 Å². The van der Waals surface area contributed by atoms with Gasteiger partial charge in [-0.2, -0.15) is 9.50 Å². The summed E-state index contributed by atoms with van der Waals surface area (Å²) < 4.78 is 7.44. The summed E-state index contributed by atoms with van der Waals surface area (Å²) in [6.07, 6.45) is 7.33. The number of fused-ring (bicyclic) bond motifs is 1. The number of anilines is 1. The van der Waals surface area contributed by atoms with Crippen molar-refractivity contribution in [2.45, 2.75) is 83.8 Å². The molecule has 2 fully saturated rings. The number of nitrogens with one attached hydrogen (secondary N) is 2. The molecule has 6 rings (SSSR count). The molecule has 9 nitrogen and oxygen atoms in total. The summed E-state index contributed by atoms with van der Waals surface area (Å²) >= 11 is 0. The Hall–Kier alpha value is -3.98.